The number of amides is 1. The Kier molecular flexibility index (Phi) is 3.50. The lowest BCUT2D eigenvalue weighted by Gasteiger charge is -2.29. The van der Waals surface area contributed by atoms with Crippen molar-refractivity contribution in [3.63, 3.8) is 0 Å². The fourth-order valence-electron chi connectivity index (χ4n) is 4.14. The van der Waals surface area contributed by atoms with Crippen LogP contribution in [0.1, 0.15) is 48.0 Å². The molecule has 0 aromatic heterocycles. The molecule has 2 heteroatoms. The average molecular weight is 251 g/mol. The molecule has 0 aromatic rings. The van der Waals surface area contributed by atoms with Crippen LogP contribution in [0.5, 0.6) is 0 Å². The van der Waals surface area contributed by atoms with Crippen LogP contribution >= 0.6 is 0 Å². The van der Waals surface area contributed by atoms with Crippen molar-refractivity contribution in [2.75, 3.05) is 13.1 Å². The standard InChI is InChI=1S/C16H29NO/c1-10(2)13-7-12-8-17(9-14(12)11(13)3)15(18)16(4,5)6/h10-14H,7-9H2,1-6H3/t11-,12+,13-,14+/m0/s1. The Hall–Kier alpha value is -0.530. The molecule has 1 aliphatic heterocycles. The molecule has 18 heavy (non-hydrogen) atoms. The molecule has 1 heterocycles. The third-order valence-corrected chi connectivity index (χ3v) is 5.20. The Bertz CT molecular complexity index is 328. The van der Waals surface area contributed by atoms with E-state index in [1.807, 2.05) is 20.8 Å². The summed E-state index contributed by atoms with van der Waals surface area (Å²) in [7, 11) is 0. The molecular formula is C16H29NO. The molecule has 1 amide bonds. The topological polar surface area (TPSA) is 20.3 Å². The maximum absolute atomic E-state index is 12.3. The van der Waals surface area contributed by atoms with Gasteiger partial charge in [0.05, 0.1) is 0 Å². The molecule has 1 saturated carbocycles. The second kappa shape index (κ2) is 4.54. The normalized spacial score (nSPS) is 36.3. The van der Waals surface area contributed by atoms with E-state index in [0.29, 0.717) is 5.91 Å². The molecule has 4 atom stereocenters. The summed E-state index contributed by atoms with van der Waals surface area (Å²) >= 11 is 0. The van der Waals surface area contributed by atoms with E-state index in [2.05, 4.69) is 25.7 Å². The van der Waals surface area contributed by atoms with Crippen LogP contribution in [0.25, 0.3) is 0 Å². The minimum atomic E-state index is -0.223. The summed E-state index contributed by atoms with van der Waals surface area (Å²) in [5.74, 6) is 4.30. The molecule has 0 unspecified atom stereocenters. The fourth-order valence-corrected chi connectivity index (χ4v) is 4.14. The highest BCUT2D eigenvalue weighted by Crippen LogP contribution is 2.48. The zero-order valence-electron chi connectivity index (χ0n) is 12.9. The van der Waals surface area contributed by atoms with Gasteiger partial charge in [-0.1, -0.05) is 41.5 Å². The summed E-state index contributed by atoms with van der Waals surface area (Å²) in [4.78, 5) is 14.5. The van der Waals surface area contributed by atoms with Gasteiger partial charge in [0.25, 0.3) is 0 Å². The molecule has 0 spiro atoms. The van der Waals surface area contributed by atoms with E-state index < -0.39 is 0 Å². The Balaban J connectivity index is 2.03. The predicted molar refractivity (Wildman–Crippen MR) is 75.1 cm³/mol. The number of hydrogen-bond acceptors (Lipinski definition) is 1. The number of hydrogen-bond donors (Lipinski definition) is 0. The smallest absolute Gasteiger partial charge is 0.227 e. The number of rotatable bonds is 1. The van der Waals surface area contributed by atoms with Crippen molar-refractivity contribution in [1.29, 1.82) is 0 Å². The van der Waals surface area contributed by atoms with Gasteiger partial charge in [-0.15, -0.1) is 0 Å². The molecule has 1 aliphatic carbocycles. The van der Waals surface area contributed by atoms with Gasteiger partial charge in [-0.05, 0) is 36.0 Å². The Morgan fingerprint density at radius 2 is 1.83 bits per heavy atom. The highest BCUT2D eigenvalue weighted by atomic mass is 16.2. The summed E-state index contributed by atoms with van der Waals surface area (Å²) in [5.41, 5.74) is -0.223. The minimum absolute atomic E-state index is 0.223. The molecule has 1 saturated heterocycles. The van der Waals surface area contributed by atoms with E-state index in [9.17, 15) is 4.79 Å². The first-order valence-electron chi connectivity index (χ1n) is 7.51. The van der Waals surface area contributed by atoms with Crippen molar-refractivity contribution in [1.82, 2.24) is 4.90 Å². The van der Waals surface area contributed by atoms with E-state index in [-0.39, 0.29) is 5.41 Å². The molecule has 0 bridgehead atoms. The van der Waals surface area contributed by atoms with Crippen molar-refractivity contribution < 1.29 is 4.79 Å². The van der Waals surface area contributed by atoms with Crippen LogP contribution in [0.3, 0.4) is 0 Å². The summed E-state index contributed by atoms with van der Waals surface area (Å²) in [6.07, 6.45) is 1.33. The van der Waals surface area contributed by atoms with E-state index in [1.54, 1.807) is 0 Å². The lowest BCUT2D eigenvalue weighted by molar-refractivity contribution is -0.138. The maximum Gasteiger partial charge on any atom is 0.227 e. The SMILES string of the molecule is CC(C)[C@@H]1C[C@@H]2CN(C(=O)C(C)(C)C)C[C@@H]2[C@H]1C. The zero-order chi connectivity index (χ0) is 13.7. The van der Waals surface area contributed by atoms with E-state index in [1.165, 1.54) is 6.42 Å². The predicted octanol–water partition coefficient (Wildman–Crippen LogP) is 3.42. The largest absolute Gasteiger partial charge is 0.342 e. The average Bonchev–Trinajstić information content (AvgIpc) is 2.76. The third kappa shape index (κ3) is 2.31. The first-order chi connectivity index (χ1) is 8.21. The number of fused-ring (bicyclic) bond motifs is 1. The Morgan fingerprint density at radius 3 is 2.28 bits per heavy atom. The highest BCUT2D eigenvalue weighted by Gasteiger charge is 2.48. The van der Waals surface area contributed by atoms with Gasteiger partial charge in [0.15, 0.2) is 0 Å². The summed E-state index contributed by atoms with van der Waals surface area (Å²) < 4.78 is 0. The van der Waals surface area contributed by atoms with Gasteiger partial charge < -0.3 is 4.90 Å². The van der Waals surface area contributed by atoms with Gasteiger partial charge in [-0.25, -0.2) is 0 Å². The first-order valence-corrected chi connectivity index (χ1v) is 7.51. The van der Waals surface area contributed by atoms with Crippen LogP contribution in [-0.2, 0) is 4.79 Å². The van der Waals surface area contributed by atoms with E-state index in [4.69, 9.17) is 0 Å². The van der Waals surface area contributed by atoms with Gasteiger partial charge in [0.2, 0.25) is 5.91 Å². The number of nitrogens with zero attached hydrogens (tertiary/aromatic N) is 1. The van der Waals surface area contributed by atoms with Crippen LogP contribution in [-0.4, -0.2) is 23.9 Å². The molecule has 0 N–H and O–H groups in total. The van der Waals surface area contributed by atoms with E-state index >= 15 is 0 Å². The minimum Gasteiger partial charge on any atom is -0.342 e. The van der Waals surface area contributed by atoms with Crippen LogP contribution in [0.4, 0.5) is 0 Å². The lowest BCUT2D eigenvalue weighted by atomic mass is 9.84. The second-order valence-corrected chi connectivity index (χ2v) is 7.89. The van der Waals surface area contributed by atoms with Crippen LogP contribution < -0.4 is 0 Å². The summed E-state index contributed by atoms with van der Waals surface area (Å²) in [5, 5.41) is 0. The summed E-state index contributed by atoms with van der Waals surface area (Å²) in [6.45, 7) is 15.2. The fraction of sp³-hybridized carbons (Fsp3) is 0.938. The molecule has 2 aliphatic rings. The van der Waals surface area contributed by atoms with Gasteiger partial charge in [-0.2, -0.15) is 0 Å². The van der Waals surface area contributed by atoms with Crippen molar-refractivity contribution in [2.24, 2.45) is 35.0 Å². The van der Waals surface area contributed by atoms with Gasteiger partial charge in [0, 0.05) is 18.5 Å². The lowest BCUT2D eigenvalue weighted by Crippen LogP contribution is -2.39. The Morgan fingerprint density at radius 1 is 1.22 bits per heavy atom. The molecule has 2 fully saturated rings. The highest BCUT2D eigenvalue weighted by molar-refractivity contribution is 5.81. The quantitative estimate of drug-likeness (QED) is 0.699. The molecular weight excluding hydrogens is 222 g/mol. The van der Waals surface area contributed by atoms with Gasteiger partial charge in [-0.3, -0.25) is 4.79 Å². The number of carbonyl (C=O) groups excluding carboxylic acids is 1. The molecule has 104 valence electrons. The molecule has 2 rings (SSSR count). The second-order valence-electron chi connectivity index (χ2n) is 7.89. The van der Waals surface area contributed by atoms with Crippen molar-refractivity contribution in [3.05, 3.63) is 0 Å². The molecule has 0 aromatic carbocycles. The molecule has 0 radical (unpaired) electrons. The number of carbonyl (C=O) groups is 1. The van der Waals surface area contributed by atoms with Gasteiger partial charge in [0.1, 0.15) is 0 Å². The van der Waals surface area contributed by atoms with Crippen LogP contribution in [0.2, 0.25) is 0 Å². The van der Waals surface area contributed by atoms with Crippen molar-refractivity contribution in [3.8, 4) is 0 Å². The zero-order valence-corrected chi connectivity index (χ0v) is 12.9. The Labute approximate surface area is 112 Å². The molecule has 2 nitrogen and oxygen atoms in total. The van der Waals surface area contributed by atoms with Crippen LogP contribution in [0, 0.1) is 35.0 Å². The third-order valence-electron chi connectivity index (χ3n) is 5.20. The summed E-state index contributed by atoms with van der Waals surface area (Å²) in [6, 6.07) is 0. The van der Waals surface area contributed by atoms with Gasteiger partial charge >= 0.3 is 0 Å². The monoisotopic (exact) mass is 251 g/mol. The van der Waals surface area contributed by atoms with E-state index in [0.717, 1.165) is 42.7 Å². The van der Waals surface area contributed by atoms with Crippen molar-refractivity contribution >= 4 is 5.91 Å². The first kappa shape index (κ1) is 13.9. The number of likely N-dealkylation sites (tertiary alicyclic amines) is 1. The van der Waals surface area contributed by atoms with Crippen LogP contribution in [0.15, 0.2) is 0 Å². The maximum atomic E-state index is 12.3. The van der Waals surface area contributed by atoms with Crippen molar-refractivity contribution in [2.45, 2.75) is 48.0 Å².